The van der Waals surface area contributed by atoms with E-state index in [1.807, 2.05) is 17.2 Å². The Morgan fingerprint density at radius 3 is 2.36 bits per heavy atom. The average molecular weight is 403 g/mol. The Balaban J connectivity index is 1.34. The normalized spacial score (nSPS) is 19.9. The molecule has 2 saturated heterocycles. The van der Waals surface area contributed by atoms with Crippen molar-refractivity contribution in [3.63, 3.8) is 0 Å². The summed E-state index contributed by atoms with van der Waals surface area (Å²) in [4.78, 5) is 42.5. The Hall–Kier alpha value is -2.26. The van der Waals surface area contributed by atoms with E-state index in [0.717, 1.165) is 42.2 Å². The van der Waals surface area contributed by atoms with Gasteiger partial charge in [-0.15, -0.1) is 11.3 Å². The van der Waals surface area contributed by atoms with E-state index in [9.17, 15) is 9.59 Å². The van der Waals surface area contributed by atoms with Gasteiger partial charge in [-0.3, -0.25) is 14.5 Å². The fraction of sp³-hybridized carbons (Fsp3) is 0.579. The highest BCUT2D eigenvalue weighted by Crippen LogP contribution is 2.27. The van der Waals surface area contributed by atoms with Crippen LogP contribution in [0.5, 0.6) is 0 Å². The minimum absolute atomic E-state index is 0.0840. The number of fused-ring (bicyclic) bond motifs is 1. The first-order valence-corrected chi connectivity index (χ1v) is 10.6. The van der Waals surface area contributed by atoms with E-state index >= 15 is 0 Å². The molecule has 1 unspecified atom stereocenters. The summed E-state index contributed by atoms with van der Waals surface area (Å²) in [6.45, 7) is 9.44. The predicted octanol–water partition coefficient (Wildman–Crippen LogP) is 0.893. The average Bonchev–Trinajstić information content (AvgIpc) is 3.22. The van der Waals surface area contributed by atoms with E-state index in [1.165, 1.54) is 0 Å². The quantitative estimate of drug-likeness (QED) is 0.759. The molecule has 2 aromatic heterocycles. The molecule has 9 heteroatoms. The highest BCUT2D eigenvalue weighted by atomic mass is 32.1. The van der Waals surface area contributed by atoms with Crippen LogP contribution < -0.4 is 4.90 Å². The van der Waals surface area contributed by atoms with Gasteiger partial charge < -0.3 is 14.7 Å². The lowest BCUT2D eigenvalue weighted by Crippen LogP contribution is -2.58. The van der Waals surface area contributed by atoms with Crippen LogP contribution in [-0.4, -0.2) is 94.9 Å². The number of piperazine rings is 2. The molecule has 150 valence electrons. The van der Waals surface area contributed by atoms with Gasteiger partial charge in [-0.1, -0.05) is 0 Å². The van der Waals surface area contributed by atoms with Crippen LogP contribution in [-0.2, 0) is 9.59 Å². The monoisotopic (exact) mass is 402 g/mol. The van der Waals surface area contributed by atoms with Crippen molar-refractivity contribution in [3.8, 4) is 0 Å². The second-order valence-electron chi connectivity index (χ2n) is 7.37. The molecule has 0 radical (unpaired) electrons. The third kappa shape index (κ3) is 3.68. The van der Waals surface area contributed by atoms with Crippen LogP contribution in [0.2, 0.25) is 0 Å². The van der Waals surface area contributed by atoms with Gasteiger partial charge in [-0.25, -0.2) is 9.97 Å². The molecule has 0 aliphatic carbocycles. The molecular weight excluding hydrogens is 376 g/mol. The van der Waals surface area contributed by atoms with Crippen molar-refractivity contribution in [2.75, 3.05) is 57.3 Å². The molecule has 2 aromatic rings. The number of rotatable bonds is 3. The van der Waals surface area contributed by atoms with Crippen LogP contribution in [0.4, 0.5) is 5.82 Å². The molecule has 0 bridgehead atoms. The second-order valence-corrected chi connectivity index (χ2v) is 8.26. The van der Waals surface area contributed by atoms with Crippen LogP contribution in [0.3, 0.4) is 0 Å². The number of hydrogen-bond acceptors (Lipinski definition) is 7. The lowest BCUT2D eigenvalue weighted by Gasteiger charge is -2.41. The topological polar surface area (TPSA) is 72.9 Å². The lowest BCUT2D eigenvalue weighted by molar-refractivity contribution is -0.142. The van der Waals surface area contributed by atoms with Gasteiger partial charge in [0.2, 0.25) is 11.8 Å². The van der Waals surface area contributed by atoms with Crippen molar-refractivity contribution in [1.29, 1.82) is 0 Å². The molecule has 8 nitrogen and oxygen atoms in total. The molecule has 0 spiro atoms. The summed E-state index contributed by atoms with van der Waals surface area (Å²) in [5.74, 6) is 1.24. The zero-order valence-corrected chi connectivity index (χ0v) is 17.2. The molecule has 2 amide bonds. The number of nitrogens with zero attached hydrogens (tertiary/aromatic N) is 6. The van der Waals surface area contributed by atoms with Crippen LogP contribution in [0, 0.1) is 0 Å². The van der Waals surface area contributed by atoms with Gasteiger partial charge in [-0.05, 0) is 18.4 Å². The Bertz CT molecular complexity index is 855. The van der Waals surface area contributed by atoms with Gasteiger partial charge in [0.05, 0.1) is 11.4 Å². The number of thiophene rings is 1. The minimum atomic E-state index is -0.141. The van der Waals surface area contributed by atoms with E-state index in [-0.39, 0.29) is 17.9 Å². The third-order valence-corrected chi connectivity index (χ3v) is 6.62. The highest BCUT2D eigenvalue weighted by molar-refractivity contribution is 7.16. The fourth-order valence-electron chi connectivity index (χ4n) is 4.01. The zero-order valence-electron chi connectivity index (χ0n) is 16.4. The van der Waals surface area contributed by atoms with Crippen LogP contribution >= 0.6 is 11.3 Å². The number of carbonyl (C=O) groups is 2. The van der Waals surface area contributed by atoms with E-state index in [1.54, 1.807) is 29.5 Å². The molecule has 1 atom stereocenters. The zero-order chi connectivity index (χ0) is 19.7. The highest BCUT2D eigenvalue weighted by Gasteiger charge is 2.31. The maximum atomic E-state index is 12.9. The summed E-state index contributed by atoms with van der Waals surface area (Å²) in [7, 11) is 0. The Morgan fingerprint density at radius 2 is 1.68 bits per heavy atom. The number of carbonyl (C=O) groups excluding carboxylic acids is 2. The summed E-state index contributed by atoms with van der Waals surface area (Å²) in [6, 6.07) is 1.94. The molecule has 0 saturated carbocycles. The first kappa shape index (κ1) is 19.1. The van der Waals surface area contributed by atoms with E-state index in [0.29, 0.717) is 26.2 Å². The number of amides is 2. The van der Waals surface area contributed by atoms with E-state index in [2.05, 4.69) is 25.8 Å². The fourth-order valence-corrected chi connectivity index (χ4v) is 4.74. The molecular formula is C19H26N6O2S. The minimum Gasteiger partial charge on any atom is -0.353 e. The standard InChI is InChI=1S/C19H26N6O2S/c1-14(19(27)25-10-6-23(7-11-25)15(2)26)22-4-8-24(9-5-22)17-16-3-12-28-18(16)21-13-20-17/h3,12-14H,4-11H2,1-2H3. The largest absolute Gasteiger partial charge is 0.353 e. The van der Waals surface area contributed by atoms with Crippen molar-refractivity contribution in [2.24, 2.45) is 0 Å². The van der Waals surface area contributed by atoms with E-state index < -0.39 is 0 Å². The maximum absolute atomic E-state index is 12.9. The summed E-state index contributed by atoms with van der Waals surface area (Å²) >= 11 is 1.63. The smallest absolute Gasteiger partial charge is 0.239 e. The van der Waals surface area contributed by atoms with Gasteiger partial charge in [0.1, 0.15) is 17.0 Å². The first-order valence-electron chi connectivity index (χ1n) is 9.76. The Labute approximate surface area is 168 Å². The summed E-state index contributed by atoms with van der Waals surface area (Å²) in [5.41, 5.74) is 0. The molecule has 2 aliphatic rings. The molecule has 2 fully saturated rings. The van der Waals surface area contributed by atoms with Crippen LogP contribution in [0.1, 0.15) is 13.8 Å². The molecule has 4 rings (SSSR count). The predicted molar refractivity (Wildman–Crippen MR) is 109 cm³/mol. The summed E-state index contributed by atoms with van der Waals surface area (Å²) < 4.78 is 0. The van der Waals surface area contributed by atoms with Crippen molar-refractivity contribution in [1.82, 2.24) is 24.7 Å². The summed E-state index contributed by atoms with van der Waals surface area (Å²) in [6.07, 6.45) is 1.63. The Kier molecular flexibility index (Phi) is 5.45. The van der Waals surface area contributed by atoms with Crippen LogP contribution in [0.15, 0.2) is 17.8 Å². The molecule has 28 heavy (non-hydrogen) atoms. The van der Waals surface area contributed by atoms with Gasteiger partial charge >= 0.3 is 0 Å². The first-order chi connectivity index (χ1) is 13.5. The molecule has 4 heterocycles. The molecule has 2 aliphatic heterocycles. The maximum Gasteiger partial charge on any atom is 0.239 e. The van der Waals surface area contributed by atoms with Crippen molar-refractivity contribution in [3.05, 3.63) is 17.8 Å². The summed E-state index contributed by atoms with van der Waals surface area (Å²) in [5, 5.41) is 3.15. The van der Waals surface area contributed by atoms with Crippen molar-refractivity contribution >= 4 is 39.2 Å². The third-order valence-electron chi connectivity index (χ3n) is 5.80. The lowest BCUT2D eigenvalue weighted by atomic mass is 10.1. The molecule has 0 aromatic carbocycles. The van der Waals surface area contributed by atoms with Crippen molar-refractivity contribution < 1.29 is 9.59 Å². The van der Waals surface area contributed by atoms with E-state index in [4.69, 9.17) is 0 Å². The second kappa shape index (κ2) is 8.00. The SMILES string of the molecule is CC(=O)N1CCN(C(=O)C(C)N2CCN(c3ncnc4sccc34)CC2)CC1. The Morgan fingerprint density at radius 1 is 1.00 bits per heavy atom. The molecule has 0 N–H and O–H groups in total. The van der Waals surface area contributed by atoms with Crippen LogP contribution in [0.25, 0.3) is 10.2 Å². The number of aromatic nitrogens is 2. The van der Waals surface area contributed by atoms with Gasteiger partial charge in [0.25, 0.3) is 0 Å². The van der Waals surface area contributed by atoms with Crippen molar-refractivity contribution in [2.45, 2.75) is 19.9 Å². The van der Waals surface area contributed by atoms with Gasteiger partial charge in [0, 0.05) is 59.3 Å². The number of anilines is 1. The van der Waals surface area contributed by atoms with Gasteiger partial charge in [-0.2, -0.15) is 0 Å². The van der Waals surface area contributed by atoms with Gasteiger partial charge in [0.15, 0.2) is 0 Å². The number of hydrogen-bond donors (Lipinski definition) is 0.